The van der Waals surface area contributed by atoms with Gasteiger partial charge in [0.2, 0.25) is 0 Å². The van der Waals surface area contributed by atoms with Gasteiger partial charge in [-0.15, -0.1) is 0 Å². The Labute approximate surface area is 166 Å². The van der Waals surface area contributed by atoms with E-state index in [1.54, 1.807) is 7.05 Å². The fourth-order valence-corrected chi connectivity index (χ4v) is 3.50. The average molecular weight is 433 g/mol. The molecule has 1 N–H and O–H groups in total. The van der Waals surface area contributed by atoms with E-state index in [9.17, 15) is 4.79 Å². The zero-order chi connectivity index (χ0) is 18.7. The van der Waals surface area contributed by atoms with Crippen molar-refractivity contribution in [1.82, 2.24) is 15.1 Å². The minimum Gasteiger partial charge on any atom is -0.354 e. The maximum absolute atomic E-state index is 12.3. The van der Waals surface area contributed by atoms with Gasteiger partial charge in [-0.2, -0.15) is 5.10 Å². The van der Waals surface area contributed by atoms with Gasteiger partial charge in [0.05, 0.1) is 12.2 Å². The van der Waals surface area contributed by atoms with Crippen molar-refractivity contribution in [2.24, 2.45) is 0 Å². The van der Waals surface area contributed by atoms with E-state index in [0.29, 0.717) is 22.6 Å². The number of hydrogen-bond donors (Lipinski definition) is 1. The molecule has 6 heteroatoms. The number of alkyl halides is 1. The molecule has 0 unspecified atom stereocenters. The summed E-state index contributed by atoms with van der Waals surface area (Å²) >= 11 is 9.56. The van der Waals surface area contributed by atoms with Crippen LogP contribution in [0, 0.1) is 6.92 Å². The van der Waals surface area contributed by atoms with E-state index in [0.717, 1.165) is 22.4 Å². The van der Waals surface area contributed by atoms with Crippen molar-refractivity contribution >= 4 is 33.4 Å². The number of halogens is 2. The van der Waals surface area contributed by atoms with Crippen LogP contribution in [0.3, 0.4) is 0 Å². The molecule has 0 fully saturated rings. The van der Waals surface area contributed by atoms with Crippen molar-refractivity contribution in [2.45, 2.75) is 18.8 Å². The lowest BCUT2D eigenvalue weighted by atomic mass is 10.1. The Morgan fingerprint density at radius 1 is 1.15 bits per heavy atom. The Balaban J connectivity index is 2.14. The number of amides is 1. The van der Waals surface area contributed by atoms with Crippen LogP contribution in [0.15, 0.2) is 48.5 Å². The number of rotatable bonds is 5. The fraction of sp³-hybridized carbons (Fsp3) is 0.200. The van der Waals surface area contributed by atoms with E-state index in [4.69, 9.17) is 11.6 Å². The van der Waals surface area contributed by atoms with Crippen LogP contribution in [-0.2, 0) is 11.9 Å². The van der Waals surface area contributed by atoms with Crippen molar-refractivity contribution in [1.29, 1.82) is 0 Å². The summed E-state index contributed by atoms with van der Waals surface area (Å²) in [4.78, 5) is 12.3. The number of benzene rings is 2. The monoisotopic (exact) mass is 431 g/mol. The summed E-state index contributed by atoms with van der Waals surface area (Å²) in [6.45, 7) is 2.64. The second-order valence-corrected chi connectivity index (χ2v) is 7.04. The standard InChI is InChI=1S/C20H19BrClN3O/c1-13-3-5-14(6-4-13)12-25-19(15-7-9-16(22)10-8-15)17(11-21)18(24-25)20(26)23-2/h3-10H,11-12H2,1-2H3,(H,23,26). The number of nitrogens with zero attached hydrogens (tertiary/aromatic N) is 2. The van der Waals surface area contributed by atoms with Gasteiger partial charge in [0.25, 0.3) is 5.91 Å². The molecule has 1 aromatic heterocycles. The quantitative estimate of drug-likeness (QED) is 0.588. The van der Waals surface area contributed by atoms with Crippen LogP contribution in [-0.4, -0.2) is 22.7 Å². The maximum Gasteiger partial charge on any atom is 0.271 e. The molecule has 26 heavy (non-hydrogen) atoms. The minimum absolute atomic E-state index is 0.197. The number of aryl methyl sites for hydroxylation is 1. The highest BCUT2D eigenvalue weighted by Gasteiger charge is 2.22. The van der Waals surface area contributed by atoms with Crippen molar-refractivity contribution in [3.63, 3.8) is 0 Å². The average Bonchev–Trinajstić information content (AvgIpc) is 3.01. The lowest BCUT2D eigenvalue weighted by Gasteiger charge is -2.10. The second-order valence-electron chi connectivity index (χ2n) is 6.04. The van der Waals surface area contributed by atoms with Crippen LogP contribution in [0.2, 0.25) is 5.02 Å². The molecule has 0 aliphatic carbocycles. The van der Waals surface area contributed by atoms with Crippen LogP contribution >= 0.6 is 27.5 Å². The highest BCUT2D eigenvalue weighted by atomic mass is 79.9. The molecule has 3 aromatic rings. The van der Waals surface area contributed by atoms with Crippen molar-refractivity contribution in [2.75, 3.05) is 7.05 Å². The van der Waals surface area contributed by atoms with E-state index in [2.05, 4.69) is 57.5 Å². The molecule has 0 aliphatic heterocycles. The minimum atomic E-state index is -0.197. The molecule has 0 aliphatic rings. The molecule has 1 amide bonds. The first-order valence-corrected chi connectivity index (χ1v) is 9.72. The van der Waals surface area contributed by atoms with Gasteiger partial charge in [-0.05, 0) is 24.6 Å². The van der Waals surface area contributed by atoms with Gasteiger partial charge in [0, 0.05) is 28.5 Å². The van der Waals surface area contributed by atoms with Gasteiger partial charge in [-0.3, -0.25) is 9.48 Å². The van der Waals surface area contributed by atoms with E-state index in [1.807, 2.05) is 28.9 Å². The smallest absolute Gasteiger partial charge is 0.271 e. The summed E-state index contributed by atoms with van der Waals surface area (Å²) in [5.41, 5.74) is 5.51. The fourth-order valence-electron chi connectivity index (χ4n) is 2.84. The van der Waals surface area contributed by atoms with Crippen molar-refractivity contribution in [3.05, 3.63) is 75.9 Å². The first-order chi connectivity index (χ1) is 12.5. The second kappa shape index (κ2) is 8.06. The normalized spacial score (nSPS) is 10.8. The van der Waals surface area contributed by atoms with Gasteiger partial charge in [0.15, 0.2) is 5.69 Å². The van der Waals surface area contributed by atoms with Crippen LogP contribution in [0.1, 0.15) is 27.2 Å². The number of hydrogen-bond acceptors (Lipinski definition) is 2. The highest BCUT2D eigenvalue weighted by molar-refractivity contribution is 9.08. The topological polar surface area (TPSA) is 46.9 Å². The summed E-state index contributed by atoms with van der Waals surface area (Å²) in [5.74, 6) is -0.197. The van der Waals surface area contributed by atoms with Gasteiger partial charge in [-0.1, -0.05) is 69.5 Å². The molecular weight excluding hydrogens is 414 g/mol. The summed E-state index contributed by atoms with van der Waals surface area (Å²) in [6.07, 6.45) is 0. The summed E-state index contributed by atoms with van der Waals surface area (Å²) in [5, 5.41) is 8.48. The van der Waals surface area contributed by atoms with Crippen LogP contribution in [0.4, 0.5) is 0 Å². The molecule has 1 heterocycles. The van der Waals surface area contributed by atoms with Crippen molar-refractivity contribution < 1.29 is 4.79 Å². The van der Waals surface area contributed by atoms with Gasteiger partial charge in [-0.25, -0.2) is 0 Å². The Bertz CT molecular complexity index is 917. The van der Waals surface area contributed by atoms with E-state index >= 15 is 0 Å². The number of nitrogens with one attached hydrogen (secondary N) is 1. The first-order valence-electron chi connectivity index (χ1n) is 8.22. The van der Waals surface area contributed by atoms with Gasteiger partial charge in [0.1, 0.15) is 0 Å². The SMILES string of the molecule is CNC(=O)c1nn(Cc2ccc(C)cc2)c(-c2ccc(Cl)cc2)c1CBr. The molecule has 2 aromatic carbocycles. The summed E-state index contributed by atoms with van der Waals surface area (Å²) in [6, 6.07) is 15.9. The first kappa shape index (κ1) is 18.7. The van der Waals surface area contributed by atoms with Gasteiger partial charge >= 0.3 is 0 Å². The maximum atomic E-state index is 12.3. The largest absolute Gasteiger partial charge is 0.354 e. The molecule has 4 nitrogen and oxygen atoms in total. The predicted octanol–water partition coefficient (Wildman–Crippen LogP) is 4.81. The Morgan fingerprint density at radius 3 is 2.38 bits per heavy atom. The van der Waals surface area contributed by atoms with Crippen LogP contribution < -0.4 is 5.32 Å². The molecule has 0 radical (unpaired) electrons. The van der Waals surface area contributed by atoms with Crippen LogP contribution in [0.25, 0.3) is 11.3 Å². The van der Waals surface area contributed by atoms with E-state index in [-0.39, 0.29) is 5.91 Å². The zero-order valence-electron chi connectivity index (χ0n) is 14.6. The van der Waals surface area contributed by atoms with Gasteiger partial charge < -0.3 is 5.32 Å². The Morgan fingerprint density at radius 2 is 1.81 bits per heavy atom. The molecular formula is C20H19BrClN3O. The van der Waals surface area contributed by atoms with Crippen molar-refractivity contribution in [3.8, 4) is 11.3 Å². The number of carbonyl (C=O) groups is 1. The Hall–Kier alpha value is -2.11. The summed E-state index contributed by atoms with van der Waals surface area (Å²) < 4.78 is 1.88. The zero-order valence-corrected chi connectivity index (χ0v) is 16.9. The lowest BCUT2D eigenvalue weighted by molar-refractivity contribution is 0.0956. The predicted molar refractivity (Wildman–Crippen MR) is 109 cm³/mol. The molecule has 134 valence electrons. The third kappa shape index (κ3) is 3.84. The Kier molecular flexibility index (Phi) is 5.79. The van der Waals surface area contributed by atoms with E-state index < -0.39 is 0 Å². The van der Waals surface area contributed by atoms with Crippen LogP contribution in [0.5, 0.6) is 0 Å². The molecule has 0 saturated carbocycles. The lowest BCUT2D eigenvalue weighted by Crippen LogP contribution is -2.20. The number of aromatic nitrogens is 2. The third-order valence-corrected chi connectivity index (χ3v) is 5.01. The molecule has 0 atom stereocenters. The molecule has 0 spiro atoms. The molecule has 0 saturated heterocycles. The molecule has 3 rings (SSSR count). The van der Waals surface area contributed by atoms with E-state index in [1.165, 1.54) is 5.56 Å². The highest BCUT2D eigenvalue weighted by Crippen LogP contribution is 2.30. The summed E-state index contributed by atoms with van der Waals surface area (Å²) in [7, 11) is 1.61. The third-order valence-electron chi connectivity index (χ3n) is 4.20. The molecule has 0 bridgehead atoms. The number of carbonyl (C=O) groups excluding carboxylic acids is 1.